The van der Waals surface area contributed by atoms with Gasteiger partial charge in [0.25, 0.3) is 0 Å². The first-order chi connectivity index (χ1) is 10.9. The van der Waals surface area contributed by atoms with E-state index in [0.717, 1.165) is 0 Å². The molecule has 1 atom stereocenters. The van der Waals surface area contributed by atoms with E-state index >= 15 is 0 Å². The Morgan fingerprint density at radius 1 is 0.864 bits per heavy atom. The maximum atomic E-state index is 4.69. The second-order valence-electron chi connectivity index (χ2n) is 6.80. The fourth-order valence-corrected chi connectivity index (χ4v) is 4.39. The van der Waals surface area contributed by atoms with Gasteiger partial charge >= 0.3 is 0 Å². The topological polar surface area (TPSA) is 16.1 Å². The molecule has 1 aromatic carbocycles. The van der Waals surface area contributed by atoms with Gasteiger partial charge in [-0.3, -0.25) is 9.88 Å². The standard InChI is InChI=1S/C20H24N2/c1-3-9-17(10-4-1)19(18-11-5-8-15-21-18)22-16-14-20(22)12-6-2-7-13-20/h1,3-5,8-11,15,19H,2,6-7,12-14,16H2. The lowest BCUT2D eigenvalue weighted by atomic mass is 9.71. The van der Waals surface area contributed by atoms with Gasteiger partial charge in [-0.05, 0) is 37.0 Å². The van der Waals surface area contributed by atoms with Gasteiger partial charge in [-0.25, -0.2) is 0 Å². The Labute approximate surface area is 133 Å². The molecular formula is C20H24N2. The molecular weight excluding hydrogens is 268 g/mol. The Hall–Kier alpha value is -1.67. The van der Waals surface area contributed by atoms with Crippen LogP contribution in [0.1, 0.15) is 55.8 Å². The van der Waals surface area contributed by atoms with E-state index < -0.39 is 0 Å². The van der Waals surface area contributed by atoms with E-state index in [1.54, 1.807) is 0 Å². The summed E-state index contributed by atoms with van der Waals surface area (Å²) in [5.41, 5.74) is 3.01. The second-order valence-corrected chi connectivity index (χ2v) is 6.80. The third kappa shape index (κ3) is 2.36. The van der Waals surface area contributed by atoms with Crippen molar-refractivity contribution in [2.75, 3.05) is 6.54 Å². The van der Waals surface area contributed by atoms with Crippen molar-refractivity contribution in [2.45, 2.75) is 50.1 Å². The zero-order valence-corrected chi connectivity index (χ0v) is 13.1. The summed E-state index contributed by atoms with van der Waals surface area (Å²) in [7, 11) is 0. The average molecular weight is 292 g/mol. The molecule has 2 aromatic rings. The zero-order chi connectivity index (χ0) is 14.8. The fourth-order valence-electron chi connectivity index (χ4n) is 4.39. The Bertz CT molecular complexity index is 563. The van der Waals surface area contributed by atoms with Gasteiger partial charge in [0.2, 0.25) is 0 Å². The molecule has 2 nitrogen and oxygen atoms in total. The maximum Gasteiger partial charge on any atom is 0.0780 e. The first kappa shape index (κ1) is 14.0. The highest BCUT2D eigenvalue weighted by Gasteiger charge is 2.48. The molecule has 2 fully saturated rings. The van der Waals surface area contributed by atoms with Crippen LogP contribution in [0.15, 0.2) is 54.7 Å². The largest absolute Gasteiger partial charge is 0.285 e. The summed E-state index contributed by atoms with van der Waals surface area (Å²) in [4.78, 5) is 7.43. The quantitative estimate of drug-likeness (QED) is 0.823. The Morgan fingerprint density at radius 3 is 2.27 bits per heavy atom. The highest BCUT2D eigenvalue weighted by atomic mass is 15.3. The van der Waals surface area contributed by atoms with Crippen molar-refractivity contribution in [1.82, 2.24) is 9.88 Å². The van der Waals surface area contributed by atoms with Gasteiger partial charge < -0.3 is 0 Å². The summed E-state index contributed by atoms with van der Waals surface area (Å²) in [6, 6.07) is 17.6. The van der Waals surface area contributed by atoms with Crippen molar-refractivity contribution in [3.8, 4) is 0 Å². The first-order valence-electron chi connectivity index (χ1n) is 8.62. The third-order valence-electron chi connectivity index (χ3n) is 5.61. The molecule has 1 aromatic heterocycles. The Morgan fingerprint density at radius 2 is 1.64 bits per heavy atom. The van der Waals surface area contributed by atoms with Crippen molar-refractivity contribution >= 4 is 0 Å². The van der Waals surface area contributed by atoms with Crippen LogP contribution in [0.3, 0.4) is 0 Å². The molecule has 22 heavy (non-hydrogen) atoms. The Balaban J connectivity index is 1.72. The SMILES string of the molecule is c1ccc(C(c2ccccn2)N2CCC23CCCCC3)cc1. The molecule has 2 aliphatic rings. The number of benzene rings is 1. The number of hydrogen-bond donors (Lipinski definition) is 0. The third-order valence-corrected chi connectivity index (χ3v) is 5.61. The predicted octanol–water partition coefficient (Wildman–Crippen LogP) is 4.58. The van der Waals surface area contributed by atoms with Crippen molar-refractivity contribution in [2.24, 2.45) is 0 Å². The van der Waals surface area contributed by atoms with Gasteiger partial charge in [0.05, 0.1) is 11.7 Å². The van der Waals surface area contributed by atoms with Gasteiger partial charge in [0.1, 0.15) is 0 Å². The number of likely N-dealkylation sites (tertiary alicyclic amines) is 1. The molecule has 0 bridgehead atoms. The van der Waals surface area contributed by atoms with E-state index in [0.29, 0.717) is 11.6 Å². The molecule has 1 saturated carbocycles. The molecule has 2 heterocycles. The summed E-state index contributed by atoms with van der Waals surface area (Å²) >= 11 is 0. The molecule has 0 N–H and O–H groups in total. The lowest BCUT2D eigenvalue weighted by Gasteiger charge is -2.58. The summed E-state index contributed by atoms with van der Waals surface area (Å²) in [5, 5.41) is 0. The van der Waals surface area contributed by atoms with Crippen LogP contribution in [-0.4, -0.2) is 22.0 Å². The van der Waals surface area contributed by atoms with E-state index in [1.165, 1.54) is 56.3 Å². The summed E-state index contributed by atoms with van der Waals surface area (Å²) in [6.07, 6.45) is 10.2. The van der Waals surface area contributed by atoms with Crippen molar-refractivity contribution < 1.29 is 0 Å². The van der Waals surface area contributed by atoms with E-state index in [4.69, 9.17) is 4.98 Å². The Kier molecular flexibility index (Phi) is 3.71. The van der Waals surface area contributed by atoms with Gasteiger partial charge in [-0.2, -0.15) is 0 Å². The van der Waals surface area contributed by atoms with E-state index in [1.807, 2.05) is 12.3 Å². The predicted molar refractivity (Wildman–Crippen MR) is 89.7 cm³/mol. The fraction of sp³-hybridized carbons (Fsp3) is 0.450. The summed E-state index contributed by atoms with van der Waals surface area (Å²) < 4.78 is 0. The van der Waals surface area contributed by atoms with Crippen LogP contribution in [0, 0.1) is 0 Å². The average Bonchev–Trinajstić information content (AvgIpc) is 2.61. The molecule has 0 amide bonds. The smallest absolute Gasteiger partial charge is 0.0780 e. The number of nitrogens with zero attached hydrogens (tertiary/aromatic N) is 2. The van der Waals surface area contributed by atoms with Crippen LogP contribution in [0.25, 0.3) is 0 Å². The zero-order valence-electron chi connectivity index (χ0n) is 13.1. The first-order valence-corrected chi connectivity index (χ1v) is 8.62. The van der Waals surface area contributed by atoms with Crippen LogP contribution in [0.4, 0.5) is 0 Å². The number of hydrogen-bond acceptors (Lipinski definition) is 2. The molecule has 1 spiro atoms. The number of pyridine rings is 1. The summed E-state index contributed by atoms with van der Waals surface area (Å²) in [5.74, 6) is 0. The lowest BCUT2D eigenvalue weighted by Crippen LogP contribution is -2.61. The van der Waals surface area contributed by atoms with Gasteiger partial charge in [-0.15, -0.1) is 0 Å². The monoisotopic (exact) mass is 292 g/mol. The highest BCUT2D eigenvalue weighted by Crippen LogP contribution is 2.48. The van der Waals surface area contributed by atoms with Crippen LogP contribution >= 0.6 is 0 Å². The van der Waals surface area contributed by atoms with E-state index in [9.17, 15) is 0 Å². The molecule has 0 radical (unpaired) electrons. The normalized spacial score (nSPS) is 22.2. The highest BCUT2D eigenvalue weighted by molar-refractivity contribution is 5.30. The molecule has 2 heteroatoms. The van der Waals surface area contributed by atoms with Gasteiger partial charge in [0, 0.05) is 18.3 Å². The number of rotatable bonds is 3. The van der Waals surface area contributed by atoms with E-state index in [2.05, 4.69) is 47.4 Å². The van der Waals surface area contributed by atoms with Gasteiger partial charge in [0.15, 0.2) is 0 Å². The van der Waals surface area contributed by atoms with Crippen LogP contribution in [0.2, 0.25) is 0 Å². The van der Waals surface area contributed by atoms with Crippen LogP contribution in [-0.2, 0) is 0 Å². The van der Waals surface area contributed by atoms with Crippen LogP contribution < -0.4 is 0 Å². The molecule has 114 valence electrons. The molecule has 1 aliphatic carbocycles. The van der Waals surface area contributed by atoms with Crippen LogP contribution in [0.5, 0.6) is 0 Å². The molecule has 1 saturated heterocycles. The minimum atomic E-state index is 0.314. The summed E-state index contributed by atoms with van der Waals surface area (Å²) in [6.45, 7) is 1.20. The van der Waals surface area contributed by atoms with Crippen molar-refractivity contribution in [3.63, 3.8) is 0 Å². The van der Waals surface area contributed by atoms with Crippen molar-refractivity contribution in [3.05, 3.63) is 66.0 Å². The number of aromatic nitrogens is 1. The minimum Gasteiger partial charge on any atom is -0.285 e. The van der Waals surface area contributed by atoms with Gasteiger partial charge in [-0.1, -0.05) is 55.7 Å². The molecule has 4 rings (SSSR count). The molecule has 1 unspecified atom stereocenters. The van der Waals surface area contributed by atoms with E-state index in [-0.39, 0.29) is 0 Å². The molecule has 1 aliphatic heterocycles. The maximum absolute atomic E-state index is 4.69. The van der Waals surface area contributed by atoms with Crippen molar-refractivity contribution in [1.29, 1.82) is 0 Å². The lowest BCUT2D eigenvalue weighted by molar-refractivity contribution is -0.0653. The minimum absolute atomic E-state index is 0.314. The second kappa shape index (κ2) is 5.85.